The van der Waals surface area contributed by atoms with Crippen molar-refractivity contribution >= 4 is 39.3 Å². The van der Waals surface area contributed by atoms with Gasteiger partial charge in [0.25, 0.3) is 0 Å². The van der Waals surface area contributed by atoms with E-state index in [2.05, 4.69) is 52.8 Å². The minimum atomic E-state index is 1.00. The summed E-state index contributed by atoms with van der Waals surface area (Å²) in [5, 5.41) is 2.47. The number of hydrogen-bond donors (Lipinski definition) is 1. The van der Waals surface area contributed by atoms with Crippen LogP contribution in [0.2, 0.25) is 0 Å². The molecule has 2 rings (SSSR count). The van der Waals surface area contributed by atoms with Gasteiger partial charge in [-0.15, -0.1) is 12.6 Å². The van der Waals surface area contributed by atoms with Crippen molar-refractivity contribution in [2.24, 2.45) is 0 Å². The summed E-state index contributed by atoms with van der Waals surface area (Å²) in [5.74, 6) is 0. The molecule has 0 nitrogen and oxygen atoms in total. The van der Waals surface area contributed by atoms with Crippen molar-refractivity contribution in [3.8, 4) is 0 Å². The third kappa shape index (κ3) is 1.50. The predicted molar refractivity (Wildman–Crippen MR) is 58.9 cm³/mol. The number of rotatable bonds is 0. The molecule has 0 heterocycles. The van der Waals surface area contributed by atoms with Crippen molar-refractivity contribution in [3.05, 3.63) is 40.9 Å². The second-order valence-electron chi connectivity index (χ2n) is 2.68. The Kier molecular flexibility index (Phi) is 2.11. The van der Waals surface area contributed by atoms with Crippen LogP contribution in [0.15, 0.2) is 45.8 Å². The van der Waals surface area contributed by atoms with Crippen LogP contribution < -0.4 is 0 Å². The van der Waals surface area contributed by atoms with Gasteiger partial charge in [0.15, 0.2) is 0 Å². The molecule has 2 heteroatoms. The van der Waals surface area contributed by atoms with E-state index < -0.39 is 0 Å². The highest BCUT2D eigenvalue weighted by Gasteiger charge is 1.93. The van der Waals surface area contributed by atoms with Crippen LogP contribution in [0, 0.1) is 0 Å². The van der Waals surface area contributed by atoms with Crippen LogP contribution in [-0.4, -0.2) is 0 Å². The molecular formula is C10H7BrS. The summed E-state index contributed by atoms with van der Waals surface area (Å²) in [4.78, 5) is 1.00. The molecule has 12 heavy (non-hydrogen) atoms. The van der Waals surface area contributed by atoms with E-state index in [1.54, 1.807) is 0 Å². The Labute approximate surface area is 85.1 Å². The van der Waals surface area contributed by atoms with E-state index >= 15 is 0 Å². The van der Waals surface area contributed by atoms with E-state index in [0.29, 0.717) is 0 Å². The topological polar surface area (TPSA) is 0 Å². The Hall–Kier alpha value is -0.470. The molecule has 2 aromatic rings. The fourth-order valence-corrected chi connectivity index (χ4v) is 1.80. The molecule has 0 aliphatic carbocycles. The van der Waals surface area contributed by atoms with Gasteiger partial charge in [0.05, 0.1) is 0 Å². The van der Waals surface area contributed by atoms with Crippen LogP contribution in [-0.2, 0) is 0 Å². The molecule has 60 valence electrons. The quantitative estimate of drug-likeness (QED) is 0.662. The molecule has 0 bridgehead atoms. The summed E-state index contributed by atoms with van der Waals surface area (Å²) in [6.45, 7) is 0. The molecule has 0 aromatic heterocycles. The summed E-state index contributed by atoms with van der Waals surface area (Å²) in [5.41, 5.74) is 0. The largest absolute Gasteiger partial charge is 0.143 e. The average Bonchev–Trinajstić information content (AvgIpc) is 2.05. The minimum absolute atomic E-state index is 1.00. The smallest absolute Gasteiger partial charge is 0.0181 e. The maximum absolute atomic E-state index is 4.27. The van der Waals surface area contributed by atoms with E-state index in [0.717, 1.165) is 9.37 Å². The van der Waals surface area contributed by atoms with Crippen LogP contribution in [0.4, 0.5) is 0 Å². The lowest BCUT2D eigenvalue weighted by Gasteiger charge is -1.98. The highest BCUT2D eigenvalue weighted by molar-refractivity contribution is 9.10. The van der Waals surface area contributed by atoms with Gasteiger partial charge in [0.2, 0.25) is 0 Å². The van der Waals surface area contributed by atoms with Crippen molar-refractivity contribution < 1.29 is 0 Å². The van der Waals surface area contributed by atoms with Crippen LogP contribution in [0.5, 0.6) is 0 Å². The lowest BCUT2D eigenvalue weighted by molar-refractivity contribution is 1.52. The Morgan fingerprint density at radius 3 is 2.42 bits per heavy atom. The van der Waals surface area contributed by atoms with E-state index in [1.165, 1.54) is 10.8 Å². The molecule has 0 amide bonds. The average molecular weight is 239 g/mol. The van der Waals surface area contributed by atoms with Crippen molar-refractivity contribution in [1.29, 1.82) is 0 Å². The van der Waals surface area contributed by atoms with Crippen LogP contribution >= 0.6 is 28.6 Å². The Morgan fingerprint density at radius 1 is 0.917 bits per heavy atom. The maximum atomic E-state index is 4.27. The number of halogens is 1. The van der Waals surface area contributed by atoms with Gasteiger partial charge in [0.1, 0.15) is 0 Å². The predicted octanol–water partition coefficient (Wildman–Crippen LogP) is 3.89. The summed E-state index contributed by atoms with van der Waals surface area (Å²) < 4.78 is 1.11. The van der Waals surface area contributed by atoms with E-state index in [-0.39, 0.29) is 0 Å². The van der Waals surface area contributed by atoms with Gasteiger partial charge in [-0.2, -0.15) is 0 Å². The zero-order valence-electron chi connectivity index (χ0n) is 6.29. The Bertz CT molecular complexity index is 382. The third-order valence-electron chi connectivity index (χ3n) is 1.79. The molecular weight excluding hydrogens is 232 g/mol. The molecule has 2 aromatic carbocycles. The van der Waals surface area contributed by atoms with Crippen molar-refractivity contribution in [2.45, 2.75) is 4.90 Å². The summed E-state index contributed by atoms with van der Waals surface area (Å²) >= 11 is 7.71. The van der Waals surface area contributed by atoms with Crippen molar-refractivity contribution in [3.63, 3.8) is 0 Å². The first kappa shape index (κ1) is 8.14. The number of thiol groups is 1. The lowest BCUT2D eigenvalue weighted by Crippen LogP contribution is -1.72. The molecule has 0 radical (unpaired) electrons. The molecule has 0 saturated carbocycles. The monoisotopic (exact) mass is 238 g/mol. The molecule has 0 aliphatic heterocycles. The summed E-state index contributed by atoms with van der Waals surface area (Å²) in [6.07, 6.45) is 0. The maximum Gasteiger partial charge on any atom is 0.0181 e. The van der Waals surface area contributed by atoms with Gasteiger partial charge in [-0.3, -0.25) is 0 Å². The molecule has 0 aliphatic rings. The Morgan fingerprint density at radius 2 is 1.58 bits per heavy atom. The van der Waals surface area contributed by atoms with Crippen LogP contribution in [0.3, 0.4) is 0 Å². The number of fused-ring (bicyclic) bond motifs is 1. The second-order valence-corrected chi connectivity index (χ2v) is 4.11. The van der Waals surface area contributed by atoms with E-state index in [9.17, 15) is 0 Å². The minimum Gasteiger partial charge on any atom is -0.143 e. The van der Waals surface area contributed by atoms with Crippen molar-refractivity contribution in [1.82, 2.24) is 0 Å². The SMILES string of the molecule is Sc1ccc2cc(Br)ccc2c1. The Balaban J connectivity index is 2.79. The van der Waals surface area contributed by atoms with Crippen LogP contribution in [0.1, 0.15) is 0 Å². The standard InChI is InChI=1S/C10H7BrS/c11-9-3-1-8-6-10(12)4-2-7(8)5-9/h1-6,12H. The molecule has 0 spiro atoms. The van der Waals surface area contributed by atoms with Crippen molar-refractivity contribution in [2.75, 3.05) is 0 Å². The highest BCUT2D eigenvalue weighted by atomic mass is 79.9. The number of benzene rings is 2. The molecule has 0 fully saturated rings. The molecule has 0 saturated heterocycles. The van der Waals surface area contributed by atoms with Gasteiger partial charge in [-0.1, -0.05) is 28.1 Å². The van der Waals surface area contributed by atoms with Gasteiger partial charge in [0, 0.05) is 9.37 Å². The summed E-state index contributed by atoms with van der Waals surface area (Å²) in [7, 11) is 0. The van der Waals surface area contributed by atoms with Gasteiger partial charge in [-0.05, 0) is 35.0 Å². The fourth-order valence-electron chi connectivity index (χ4n) is 1.20. The van der Waals surface area contributed by atoms with E-state index in [1.807, 2.05) is 12.1 Å². The lowest BCUT2D eigenvalue weighted by atomic mass is 10.1. The first-order valence-corrected chi connectivity index (χ1v) is 4.88. The fraction of sp³-hybridized carbons (Fsp3) is 0. The van der Waals surface area contributed by atoms with E-state index in [4.69, 9.17) is 0 Å². The zero-order chi connectivity index (χ0) is 8.55. The molecule has 0 unspecified atom stereocenters. The second kappa shape index (κ2) is 3.11. The first-order chi connectivity index (χ1) is 5.75. The number of hydrogen-bond acceptors (Lipinski definition) is 1. The molecule has 0 N–H and O–H groups in total. The van der Waals surface area contributed by atoms with Crippen LogP contribution in [0.25, 0.3) is 10.8 Å². The molecule has 0 atom stereocenters. The highest BCUT2D eigenvalue weighted by Crippen LogP contribution is 2.21. The summed E-state index contributed by atoms with van der Waals surface area (Å²) in [6, 6.07) is 12.3. The van der Waals surface area contributed by atoms with Gasteiger partial charge >= 0.3 is 0 Å². The third-order valence-corrected chi connectivity index (χ3v) is 2.56. The van der Waals surface area contributed by atoms with Gasteiger partial charge < -0.3 is 0 Å². The first-order valence-electron chi connectivity index (χ1n) is 3.64. The zero-order valence-corrected chi connectivity index (χ0v) is 8.77. The normalized spacial score (nSPS) is 10.5. The van der Waals surface area contributed by atoms with Gasteiger partial charge in [-0.25, -0.2) is 0 Å².